The van der Waals surface area contributed by atoms with Crippen LogP contribution >= 0.6 is 0 Å². The molecule has 138 valence electrons. The summed E-state index contributed by atoms with van der Waals surface area (Å²) >= 11 is 0. The van der Waals surface area contributed by atoms with Crippen LogP contribution in [0.4, 0.5) is 0 Å². The highest BCUT2D eigenvalue weighted by Gasteiger charge is 2.31. The van der Waals surface area contributed by atoms with Crippen LogP contribution in [0.25, 0.3) is 0 Å². The summed E-state index contributed by atoms with van der Waals surface area (Å²) in [6.07, 6.45) is 5.75. The molecule has 0 radical (unpaired) electrons. The lowest BCUT2D eigenvalue weighted by Gasteiger charge is -2.30. The smallest absolute Gasteiger partial charge is 0.239 e. The van der Waals surface area contributed by atoms with Gasteiger partial charge in [-0.15, -0.1) is 0 Å². The normalized spacial score (nSPS) is 24.4. The van der Waals surface area contributed by atoms with E-state index in [9.17, 15) is 4.79 Å². The van der Waals surface area contributed by atoms with Crippen LogP contribution in [0.15, 0.2) is 4.52 Å². The molecule has 3 fully saturated rings. The summed E-state index contributed by atoms with van der Waals surface area (Å²) < 4.78 is 5.36. The van der Waals surface area contributed by atoms with Crippen molar-refractivity contribution >= 4 is 5.91 Å². The predicted molar refractivity (Wildman–Crippen MR) is 93.0 cm³/mol. The molecule has 0 bridgehead atoms. The monoisotopic (exact) mass is 347 g/mol. The highest BCUT2D eigenvalue weighted by molar-refractivity contribution is 5.81. The van der Waals surface area contributed by atoms with Crippen molar-refractivity contribution in [2.24, 2.45) is 0 Å². The molecule has 1 saturated carbocycles. The minimum Gasteiger partial charge on any atom is -0.341 e. The van der Waals surface area contributed by atoms with Gasteiger partial charge in [-0.1, -0.05) is 5.16 Å². The first-order chi connectivity index (χ1) is 12.2. The molecule has 7 nitrogen and oxygen atoms in total. The number of likely N-dealkylation sites (tertiary alicyclic amines) is 1. The molecule has 1 aromatic rings. The average Bonchev–Trinajstić information content (AvgIpc) is 3.20. The fourth-order valence-corrected chi connectivity index (χ4v) is 3.92. The minimum atomic E-state index is -0.00954. The first kappa shape index (κ1) is 17.0. The van der Waals surface area contributed by atoms with Gasteiger partial charge in [-0.3, -0.25) is 14.6 Å². The van der Waals surface area contributed by atoms with Crippen molar-refractivity contribution < 1.29 is 9.32 Å². The molecule has 1 aromatic heterocycles. The zero-order chi connectivity index (χ0) is 17.2. The summed E-state index contributed by atoms with van der Waals surface area (Å²) in [6, 6.07) is -0.00954. The van der Waals surface area contributed by atoms with E-state index in [0.717, 1.165) is 76.8 Å². The fraction of sp³-hybridized carbons (Fsp3) is 0.833. The van der Waals surface area contributed by atoms with E-state index in [2.05, 4.69) is 26.9 Å². The molecular formula is C18H29N5O2. The Balaban J connectivity index is 1.29. The standard InChI is InChI=1S/C18H29N5O2/c1-14(18(24)23-8-2-3-9-23)22-10-4-7-21(11-12-22)13-16-19-17(25-20-16)15-5-6-15/h14-15H,2-13H2,1H3/t14-/m0/s1. The molecule has 0 spiro atoms. The number of hydrogen-bond donors (Lipinski definition) is 0. The Morgan fingerprint density at radius 3 is 2.68 bits per heavy atom. The van der Waals surface area contributed by atoms with Crippen LogP contribution in [0.2, 0.25) is 0 Å². The van der Waals surface area contributed by atoms with Gasteiger partial charge in [-0.05, 0) is 45.6 Å². The van der Waals surface area contributed by atoms with E-state index in [1.807, 2.05) is 4.90 Å². The first-order valence-electron chi connectivity index (χ1n) is 9.78. The number of amides is 1. The molecule has 2 aliphatic heterocycles. The van der Waals surface area contributed by atoms with Crippen molar-refractivity contribution in [2.45, 2.75) is 57.5 Å². The molecule has 0 N–H and O–H groups in total. The number of rotatable bonds is 5. The summed E-state index contributed by atoms with van der Waals surface area (Å²) in [5, 5.41) is 4.13. The molecule has 0 unspecified atom stereocenters. The van der Waals surface area contributed by atoms with Gasteiger partial charge in [0, 0.05) is 38.6 Å². The maximum absolute atomic E-state index is 12.6. The highest BCUT2D eigenvalue weighted by Crippen LogP contribution is 2.38. The van der Waals surface area contributed by atoms with E-state index in [0.29, 0.717) is 11.8 Å². The third-order valence-electron chi connectivity index (χ3n) is 5.72. The van der Waals surface area contributed by atoms with E-state index in [1.54, 1.807) is 0 Å². The molecule has 1 atom stereocenters. The Kier molecular flexibility index (Phi) is 5.03. The molecule has 7 heteroatoms. The Hall–Kier alpha value is -1.47. The Labute approximate surface area is 149 Å². The second-order valence-corrected chi connectivity index (χ2v) is 7.70. The first-order valence-corrected chi connectivity index (χ1v) is 9.78. The molecule has 3 aliphatic rings. The van der Waals surface area contributed by atoms with Crippen LogP contribution < -0.4 is 0 Å². The van der Waals surface area contributed by atoms with Crippen molar-refractivity contribution in [1.29, 1.82) is 0 Å². The quantitative estimate of drug-likeness (QED) is 0.803. The van der Waals surface area contributed by atoms with Gasteiger partial charge < -0.3 is 9.42 Å². The van der Waals surface area contributed by atoms with Crippen LogP contribution in [-0.4, -0.2) is 76.1 Å². The summed E-state index contributed by atoms with van der Waals surface area (Å²) in [5.74, 6) is 2.43. The van der Waals surface area contributed by atoms with Crippen molar-refractivity contribution in [3.05, 3.63) is 11.7 Å². The maximum Gasteiger partial charge on any atom is 0.239 e. The zero-order valence-corrected chi connectivity index (χ0v) is 15.2. The molecule has 0 aromatic carbocycles. The number of hydrogen-bond acceptors (Lipinski definition) is 6. The Bertz CT molecular complexity index is 594. The van der Waals surface area contributed by atoms with Gasteiger partial charge in [-0.2, -0.15) is 4.98 Å². The average molecular weight is 347 g/mol. The number of carbonyl (C=O) groups excluding carboxylic acids is 1. The van der Waals surface area contributed by atoms with Gasteiger partial charge in [0.05, 0.1) is 12.6 Å². The summed E-state index contributed by atoms with van der Waals surface area (Å²) in [7, 11) is 0. The van der Waals surface area contributed by atoms with Crippen LogP contribution in [0, 0.1) is 0 Å². The Morgan fingerprint density at radius 1 is 1.12 bits per heavy atom. The molecular weight excluding hydrogens is 318 g/mol. The molecule has 25 heavy (non-hydrogen) atoms. The second kappa shape index (κ2) is 7.41. The van der Waals surface area contributed by atoms with E-state index < -0.39 is 0 Å². The van der Waals surface area contributed by atoms with Crippen LogP contribution in [0.1, 0.15) is 56.7 Å². The predicted octanol–water partition coefficient (Wildman–Crippen LogP) is 1.47. The van der Waals surface area contributed by atoms with Crippen molar-refractivity contribution in [3.63, 3.8) is 0 Å². The molecule has 1 amide bonds. The molecule has 2 saturated heterocycles. The van der Waals surface area contributed by atoms with E-state index in [1.165, 1.54) is 12.8 Å². The van der Waals surface area contributed by atoms with Gasteiger partial charge in [0.2, 0.25) is 11.8 Å². The van der Waals surface area contributed by atoms with Gasteiger partial charge in [-0.25, -0.2) is 0 Å². The van der Waals surface area contributed by atoms with E-state index in [4.69, 9.17) is 4.52 Å². The zero-order valence-electron chi connectivity index (χ0n) is 15.2. The van der Waals surface area contributed by atoms with Crippen LogP contribution in [0.5, 0.6) is 0 Å². The molecule has 1 aliphatic carbocycles. The van der Waals surface area contributed by atoms with Crippen molar-refractivity contribution in [2.75, 3.05) is 39.3 Å². The summed E-state index contributed by atoms with van der Waals surface area (Å²) in [4.78, 5) is 23.9. The van der Waals surface area contributed by atoms with Gasteiger partial charge >= 0.3 is 0 Å². The van der Waals surface area contributed by atoms with E-state index in [-0.39, 0.29) is 6.04 Å². The minimum absolute atomic E-state index is 0.00954. The summed E-state index contributed by atoms with van der Waals surface area (Å²) in [6.45, 7) is 8.56. The highest BCUT2D eigenvalue weighted by atomic mass is 16.5. The fourth-order valence-electron chi connectivity index (χ4n) is 3.92. The second-order valence-electron chi connectivity index (χ2n) is 7.70. The summed E-state index contributed by atoms with van der Waals surface area (Å²) in [5.41, 5.74) is 0. The van der Waals surface area contributed by atoms with E-state index >= 15 is 0 Å². The Morgan fingerprint density at radius 2 is 1.92 bits per heavy atom. The lowest BCUT2D eigenvalue weighted by molar-refractivity contribution is -0.135. The van der Waals surface area contributed by atoms with Crippen molar-refractivity contribution in [3.8, 4) is 0 Å². The van der Waals surface area contributed by atoms with Gasteiger partial charge in [0.25, 0.3) is 0 Å². The van der Waals surface area contributed by atoms with Gasteiger partial charge in [0.1, 0.15) is 0 Å². The van der Waals surface area contributed by atoms with Gasteiger partial charge in [0.15, 0.2) is 5.82 Å². The topological polar surface area (TPSA) is 65.7 Å². The van der Waals surface area contributed by atoms with Crippen molar-refractivity contribution in [1.82, 2.24) is 24.8 Å². The third-order valence-corrected chi connectivity index (χ3v) is 5.72. The lowest BCUT2D eigenvalue weighted by Crippen LogP contribution is -2.47. The number of aromatic nitrogens is 2. The van der Waals surface area contributed by atoms with Crippen LogP contribution in [0.3, 0.4) is 0 Å². The molecule has 4 rings (SSSR count). The third kappa shape index (κ3) is 4.03. The lowest BCUT2D eigenvalue weighted by atomic mass is 10.2. The SMILES string of the molecule is C[C@@H](C(=O)N1CCCC1)N1CCCN(Cc2noc(C3CC3)n2)CC1. The molecule has 3 heterocycles. The van der Waals surface area contributed by atoms with Crippen LogP contribution in [-0.2, 0) is 11.3 Å². The number of nitrogens with zero attached hydrogens (tertiary/aromatic N) is 5. The maximum atomic E-state index is 12.6. The number of carbonyl (C=O) groups is 1. The largest absolute Gasteiger partial charge is 0.341 e.